The van der Waals surface area contributed by atoms with Gasteiger partial charge in [-0.05, 0) is 46.5 Å². The highest BCUT2D eigenvalue weighted by molar-refractivity contribution is 5.54. The van der Waals surface area contributed by atoms with Gasteiger partial charge in [0, 0.05) is 43.0 Å². The predicted molar refractivity (Wildman–Crippen MR) is 84.5 cm³/mol. The number of benzene rings is 1. The first-order valence-corrected chi connectivity index (χ1v) is 7.44. The maximum atomic E-state index is 10.2. The molecule has 1 aromatic rings. The number of phenols is 1. The van der Waals surface area contributed by atoms with Crippen LogP contribution in [0.1, 0.15) is 31.4 Å². The van der Waals surface area contributed by atoms with Gasteiger partial charge in [0.05, 0.1) is 0 Å². The first-order valence-electron chi connectivity index (χ1n) is 7.44. The number of likely N-dealkylation sites (tertiary alicyclic amines) is 1. The fourth-order valence-corrected chi connectivity index (χ4v) is 2.94. The zero-order valence-electron chi connectivity index (χ0n) is 13.1. The topological polar surface area (TPSA) is 38.7 Å². The minimum Gasteiger partial charge on any atom is -0.508 e. The molecule has 2 unspecified atom stereocenters. The predicted octanol–water partition coefficient (Wildman–Crippen LogP) is 2.20. The van der Waals surface area contributed by atoms with Crippen molar-refractivity contribution in [1.82, 2.24) is 10.2 Å². The van der Waals surface area contributed by atoms with E-state index < -0.39 is 0 Å². The summed E-state index contributed by atoms with van der Waals surface area (Å²) < 4.78 is 0. The third-order valence-electron chi connectivity index (χ3n) is 4.47. The number of hydrogen-bond acceptors (Lipinski definition) is 4. The highest BCUT2D eigenvalue weighted by Gasteiger charge is 2.22. The van der Waals surface area contributed by atoms with Gasteiger partial charge >= 0.3 is 0 Å². The molecule has 0 bridgehead atoms. The summed E-state index contributed by atoms with van der Waals surface area (Å²) in [7, 11) is 6.21. The first-order chi connectivity index (χ1) is 9.52. The molecular formula is C16H27N3O. The van der Waals surface area contributed by atoms with E-state index in [2.05, 4.69) is 42.2 Å². The lowest BCUT2D eigenvalue weighted by Gasteiger charge is -2.37. The van der Waals surface area contributed by atoms with E-state index in [1.807, 2.05) is 19.2 Å². The monoisotopic (exact) mass is 277 g/mol. The standard InChI is InChI=1S/C16H27N3O/c1-12(17-2)15-8-7-13(10-16(15)20)19(4)14-6-5-9-18(3)11-14/h7-8,10,12,14,17,20H,5-6,9,11H2,1-4H3. The van der Waals surface area contributed by atoms with Gasteiger partial charge in [0.2, 0.25) is 0 Å². The minimum absolute atomic E-state index is 0.162. The first kappa shape index (κ1) is 15.1. The molecule has 4 heteroatoms. The maximum Gasteiger partial charge on any atom is 0.122 e. The Morgan fingerprint density at radius 2 is 2.20 bits per heavy atom. The van der Waals surface area contributed by atoms with E-state index in [1.54, 1.807) is 0 Å². The van der Waals surface area contributed by atoms with Crippen molar-refractivity contribution in [3.63, 3.8) is 0 Å². The molecule has 2 N–H and O–H groups in total. The summed E-state index contributed by atoms with van der Waals surface area (Å²) in [6, 6.07) is 6.71. The molecule has 0 aromatic heterocycles. The fourth-order valence-electron chi connectivity index (χ4n) is 2.94. The van der Waals surface area contributed by atoms with Gasteiger partial charge in [-0.15, -0.1) is 0 Å². The van der Waals surface area contributed by atoms with Crippen molar-refractivity contribution in [2.75, 3.05) is 39.1 Å². The zero-order valence-corrected chi connectivity index (χ0v) is 13.1. The molecule has 1 heterocycles. The Morgan fingerprint density at radius 1 is 1.45 bits per heavy atom. The van der Waals surface area contributed by atoms with E-state index in [0.717, 1.165) is 17.8 Å². The SMILES string of the molecule is CNC(C)c1ccc(N(C)C2CCCN(C)C2)cc1O. The zero-order chi connectivity index (χ0) is 14.7. The van der Waals surface area contributed by atoms with Gasteiger partial charge in [-0.3, -0.25) is 0 Å². The number of nitrogens with one attached hydrogen (secondary N) is 1. The summed E-state index contributed by atoms with van der Waals surface area (Å²) >= 11 is 0. The molecule has 1 aliphatic heterocycles. The highest BCUT2D eigenvalue weighted by atomic mass is 16.3. The normalized spacial score (nSPS) is 21.7. The van der Waals surface area contributed by atoms with Gasteiger partial charge in [0.15, 0.2) is 0 Å². The maximum absolute atomic E-state index is 10.2. The van der Waals surface area contributed by atoms with Crippen LogP contribution in [0.4, 0.5) is 5.69 Å². The van der Waals surface area contributed by atoms with Gasteiger partial charge < -0.3 is 20.2 Å². The summed E-state index contributed by atoms with van der Waals surface area (Å²) in [6.07, 6.45) is 2.46. The van der Waals surface area contributed by atoms with Crippen molar-refractivity contribution < 1.29 is 5.11 Å². The van der Waals surface area contributed by atoms with Crippen molar-refractivity contribution in [3.05, 3.63) is 23.8 Å². The van der Waals surface area contributed by atoms with E-state index in [0.29, 0.717) is 11.8 Å². The molecule has 1 aliphatic rings. The van der Waals surface area contributed by atoms with Crippen molar-refractivity contribution in [2.24, 2.45) is 0 Å². The Labute approximate surface area is 122 Å². The van der Waals surface area contributed by atoms with E-state index in [4.69, 9.17) is 0 Å². The van der Waals surface area contributed by atoms with Gasteiger partial charge in [-0.2, -0.15) is 0 Å². The number of hydrogen-bond donors (Lipinski definition) is 2. The van der Waals surface area contributed by atoms with Crippen LogP contribution in [0, 0.1) is 0 Å². The van der Waals surface area contributed by atoms with Crippen molar-refractivity contribution >= 4 is 5.69 Å². The van der Waals surface area contributed by atoms with Crippen molar-refractivity contribution in [3.8, 4) is 5.75 Å². The third-order valence-corrected chi connectivity index (χ3v) is 4.47. The van der Waals surface area contributed by atoms with Crippen LogP contribution in [0.25, 0.3) is 0 Å². The molecule has 0 radical (unpaired) electrons. The van der Waals surface area contributed by atoms with Crippen LogP contribution in [0.2, 0.25) is 0 Å². The minimum atomic E-state index is 0.162. The molecule has 2 rings (SSSR count). The molecule has 112 valence electrons. The summed E-state index contributed by atoms with van der Waals surface area (Å²) in [5, 5.41) is 13.4. The van der Waals surface area contributed by atoms with E-state index in [1.165, 1.54) is 19.4 Å². The largest absolute Gasteiger partial charge is 0.508 e. The third kappa shape index (κ3) is 3.25. The summed E-state index contributed by atoms with van der Waals surface area (Å²) in [6.45, 7) is 4.33. The van der Waals surface area contributed by atoms with Crippen LogP contribution in [-0.4, -0.2) is 50.3 Å². The smallest absolute Gasteiger partial charge is 0.122 e. The summed E-state index contributed by atoms with van der Waals surface area (Å²) in [4.78, 5) is 4.67. The lowest BCUT2D eigenvalue weighted by atomic mass is 10.0. The molecule has 1 saturated heterocycles. The number of aromatic hydroxyl groups is 1. The molecule has 1 aromatic carbocycles. The summed E-state index contributed by atoms with van der Waals surface area (Å²) in [5.74, 6) is 0.375. The Morgan fingerprint density at radius 3 is 2.80 bits per heavy atom. The molecule has 0 amide bonds. The van der Waals surface area contributed by atoms with Crippen LogP contribution in [0.15, 0.2) is 18.2 Å². The number of nitrogens with zero attached hydrogens (tertiary/aromatic N) is 2. The Hall–Kier alpha value is -1.26. The number of rotatable bonds is 4. The number of anilines is 1. The van der Waals surface area contributed by atoms with Gasteiger partial charge in [0.25, 0.3) is 0 Å². The molecule has 2 atom stereocenters. The van der Waals surface area contributed by atoms with Crippen LogP contribution >= 0.6 is 0 Å². The average molecular weight is 277 g/mol. The second-order valence-corrected chi connectivity index (χ2v) is 5.92. The molecule has 0 saturated carbocycles. The molecule has 1 fully saturated rings. The lowest BCUT2D eigenvalue weighted by molar-refractivity contribution is 0.248. The molecule has 4 nitrogen and oxygen atoms in total. The fraction of sp³-hybridized carbons (Fsp3) is 0.625. The van der Waals surface area contributed by atoms with E-state index in [9.17, 15) is 5.11 Å². The van der Waals surface area contributed by atoms with Crippen molar-refractivity contribution in [1.29, 1.82) is 0 Å². The van der Waals surface area contributed by atoms with Gasteiger partial charge in [-0.1, -0.05) is 6.07 Å². The Balaban J connectivity index is 2.14. The van der Waals surface area contributed by atoms with Gasteiger partial charge in [-0.25, -0.2) is 0 Å². The van der Waals surface area contributed by atoms with Crippen LogP contribution in [-0.2, 0) is 0 Å². The van der Waals surface area contributed by atoms with Crippen LogP contribution in [0.5, 0.6) is 5.75 Å². The molecule has 0 spiro atoms. The number of likely N-dealkylation sites (N-methyl/N-ethyl adjacent to an activating group) is 2. The number of phenolic OH excluding ortho intramolecular Hbond substituents is 1. The Bertz CT molecular complexity index is 449. The molecule has 0 aliphatic carbocycles. The van der Waals surface area contributed by atoms with Gasteiger partial charge in [0.1, 0.15) is 5.75 Å². The van der Waals surface area contributed by atoms with E-state index in [-0.39, 0.29) is 6.04 Å². The average Bonchev–Trinajstić information content (AvgIpc) is 2.45. The quantitative estimate of drug-likeness (QED) is 0.885. The molecule has 20 heavy (non-hydrogen) atoms. The second kappa shape index (κ2) is 6.46. The number of piperidine rings is 1. The highest BCUT2D eigenvalue weighted by Crippen LogP contribution is 2.30. The second-order valence-electron chi connectivity index (χ2n) is 5.92. The Kier molecular flexibility index (Phi) is 4.89. The van der Waals surface area contributed by atoms with Crippen LogP contribution < -0.4 is 10.2 Å². The van der Waals surface area contributed by atoms with E-state index >= 15 is 0 Å². The van der Waals surface area contributed by atoms with Crippen molar-refractivity contribution in [2.45, 2.75) is 31.8 Å². The lowest BCUT2D eigenvalue weighted by Crippen LogP contribution is -2.45. The molecular weight excluding hydrogens is 250 g/mol. The summed E-state index contributed by atoms with van der Waals surface area (Å²) in [5.41, 5.74) is 2.04. The van der Waals surface area contributed by atoms with Crippen LogP contribution in [0.3, 0.4) is 0 Å².